The maximum Gasteiger partial charge on any atom is 0.277 e. The number of hydrogen-bond acceptors (Lipinski definition) is 4. The number of amides is 1. The molecule has 7 nitrogen and oxygen atoms in total. The number of anilines is 1. The van der Waals surface area contributed by atoms with Gasteiger partial charge in [0, 0.05) is 40.2 Å². The molecule has 0 radical (unpaired) electrons. The molecule has 32 heavy (non-hydrogen) atoms. The molecule has 1 amide bonds. The van der Waals surface area contributed by atoms with E-state index in [1.54, 1.807) is 19.5 Å². The van der Waals surface area contributed by atoms with Gasteiger partial charge in [-0.05, 0) is 30.3 Å². The quantitative estimate of drug-likeness (QED) is 0.487. The summed E-state index contributed by atoms with van der Waals surface area (Å²) >= 11 is 0. The first-order valence-electron chi connectivity index (χ1n) is 10.5. The third-order valence-corrected chi connectivity index (χ3v) is 5.83. The summed E-state index contributed by atoms with van der Waals surface area (Å²) in [6.45, 7) is 6.32. The summed E-state index contributed by atoms with van der Waals surface area (Å²) in [4.78, 5) is 22.9. The van der Waals surface area contributed by atoms with Gasteiger partial charge in [0.1, 0.15) is 17.3 Å². The third kappa shape index (κ3) is 3.09. The Kier molecular flexibility index (Phi) is 4.62. The molecule has 0 saturated heterocycles. The van der Waals surface area contributed by atoms with Crippen LogP contribution in [0, 0.1) is 0 Å². The number of methoxy groups -OCH3 is 1. The van der Waals surface area contributed by atoms with E-state index >= 15 is 0 Å². The highest BCUT2D eigenvalue weighted by Gasteiger charge is 2.45. The first-order chi connectivity index (χ1) is 15.4. The van der Waals surface area contributed by atoms with Gasteiger partial charge < -0.3 is 9.72 Å². The smallest absolute Gasteiger partial charge is 0.277 e. The number of imidazole rings is 1. The van der Waals surface area contributed by atoms with E-state index < -0.39 is 0 Å². The number of carbonyl (C=O) groups is 1. The van der Waals surface area contributed by atoms with Gasteiger partial charge in [0.15, 0.2) is 0 Å². The lowest BCUT2D eigenvalue weighted by atomic mass is 9.85. The topological polar surface area (TPSA) is 86.9 Å². The van der Waals surface area contributed by atoms with E-state index in [0.717, 1.165) is 39.6 Å². The van der Waals surface area contributed by atoms with E-state index in [0.29, 0.717) is 5.69 Å². The van der Waals surface area contributed by atoms with E-state index in [2.05, 4.69) is 40.9 Å². The summed E-state index contributed by atoms with van der Waals surface area (Å²) < 4.78 is 5.68. The fraction of sp³-hybridized carbons (Fsp3) is 0.240. The van der Waals surface area contributed by atoms with Crippen LogP contribution in [0.3, 0.4) is 0 Å². The number of aromatic nitrogens is 4. The lowest BCUT2D eigenvalue weighted by Crippen LogP contribution is -2.30. The molecule has 2 aromatic heterocycles. The summed E-state index contributed by atoms with van der Waals surface area (Å²) in [7, 11) is 1.65. The van der Waals surface area contributed by atoms with Gasteiger partial charge in [0.25, 0.3) is 5.91 Å². The third-order valence-electron chi connectivity index (χ3n) is 5.83. The van der Waals surface area contributed by atoms with Gasteiger partial charge in [-0.25, -0.2) is 4.98 Å². The van der Waals surface area contributed by atoms with Crippen molar-refractivity contribution in [2.75, 3.05) is 12.0 Å². The number of para-hydroxylation sites is 1. The first kappa shape index (κ1) is 20.1. The van der Waals surface area contributed by atoms with Crippen LogP contribution in [0.4, 0.5) is 5.69 Å². The Hall–Kier alpha value is -3.87. The van der Waals surface area contributed by atoms with Gasteiger partial charge in [-0.2, -0.15) is 5.10 Å². The molecule has 2 N–H and O–H groups in total. The molecule has 5 rings (SSSR count). The number of benzene rings is 2. The Morgan fingerprint density at radius 1 is 1.06 bits per heavy atom. The fourth-order valence-corrected chi connectivity index (χ4v) is 4.37. The van der Waals surface area contributed by atoms with Gasteiger partial charge in [0.2, 0.25) is 0 Å². The second-order valence-corrected chi connectivity index (χ2v) is 8.92. The zero-order valence-electron chi connectivity index (χ0n) is 18.5. The van der Waals surface area contributed by atoms with Crippen molar-refractivity contribution in [3.05, 3.63) is 83.4 Å². The number of fused-ring (bicyclic) bond motifs is 1. The summed E-state index contributed by atoms with van der Waals surface area (Å²) in [6.07, 6.45) is 3.51. The SMILES string of the molecule is COc1ccccc1C1c2c(C(C)(C)C)n[nH]c2C(=O)N1c1ccc(-c2ncc[nH]2)cc1. The molecule has 0 aliphatic carbocycles. The minimum atomic E-state index is -0.351. The Balaban J connectivity index is 1.68. The second-order valence-electron chi connectivity index (χ2n) is 8.92. The molecule has 0 saturated carbocycles. The Labute approximate surface area is 186 Å². The van der Waals surface area contributed by atoms with Crippen LogP contribution >= 0.6 is 0 Å². The van der Waals surface area contributed by atoms with Crippen LogP contribution in [0.15, 0.2) is 60.9 Å². The van der Waals surface area contributed by atoms with Crippen LogP contribution in [-0.4, -0.2) is 33.2 Å². The molecule has 162 valence electrons. The molecule has 3 heterocycles. The summed E-state index contributed by atoms with van der Waals surface area (Å²) in [5.41, 5.74) is 4.75. The number of hydrogen-bond donors (Lipinski definition) is 2. The molecule has 4 aromatic rings. The predicted molar refractivity (Wildman–Crippen MR) is 123 cm³/mol. The van der Waals surface area contributed by atoms with Crippen molar-refractivity contribution in [2.45, 2.75) is 32.2 Å². The number of aromatic amines is 2. The summed E-state index contributed by atoms with van der Waals surface area (Å²) in [5, 5.41) is 7.56. The molecule has 0 spiro atoms. The van der Waals surface area contributed by atoms with Gasteiger partial charge in [-0.1, -0.05) is 39.0 Å². The molecule has 7 heteroatoms. The minimum absolute atomic E-state index is 0.107. The summed E-state index contributed by atoms with van der Waals surface area (Å²) in [5.74, 6) is 1.41. The van der Waals surface area contributed by atoms with E-state index in [4.69, 9.17) is 4.74 Å². The second kappa shape index (κ2) is 7.37. The highest BCUT2D eigenvalue weighted by atomic mass is 16.5. The van der Waals surface area contributed by atoms with Crippen LogP contribution in [0.5, 0.6) is 5.75 Å². The van der Waals surface area contributed by atoms with Crippen molar-refractivity contribution in [1.29, 1.82) is 0 Å². The number of rotatable bonds is 4. The maximum absolute atomic E-state index is 13.6. The first-order valence-corrected chi connectivity index (χ1v) is 10.5. The van der Waals surface area contributed by atoms with Gasteiger partial charge in [-0.3, -0.25) is 14.8 Å². The highest BCUT2D eigenvalue weighted by Crippen LogP contribution is 2.47. The minimum Gasteiger partial charge on any atom is -0.496 e. The van der Waals surface area contributed by atoms with Gasteiger partial charge in [-0.15, -0.1) is 0 Å². The lowest BCUT2D eigenvalue weighted by molar-refractivity contribution is 0.0988. The van der Waals surface area contributed by atoms with Crippen molar-refractivity contribution >= 4 is 11.6 Å². The fourth-order valence-electron chi connectivity index (χ4n) is 4.37. The highest BCUT2D eigenvalue weighted by molar-refractivity contribution is 6.11. The molecule has 0 bridgehead atoms. The Morgan fingerprint density at radius 3 is 2.47 bits per heavy atom. The molecular weight excluding hydrogens is 402 g/mol. The number of ether oxygens (including phenoxy) is 1. The van der Waals surface area contributed by atoms with Crippen LogP contribution < -0.4 is 9.64 Å². The molecule has 1 unspecified atom stereocenters. The zero-order valence-corrected chi connectivity index (χ0v) is 18.5. The van der Waals surface area contributed by atoms with Crippen molar-refractivity contribution in [1.82, 2.24) is 20.2 Å². The number of nitrogens with one attached hydrogen (secondary N) is 2. The molecule has 1 aliphatic heterocycles. The Bertz CT molecular complexity index is 1270. The normalized spacial score (nSPS) is 15.8. The monoisotopic (exact) mass is 427 g/mol. The van der Waals surface area contributed by atoms with Crippen molar-refractivity contribution < 1.29 is 9.53 Å². The molecule has 1 aliphatic rings. The summed E-state index contributed by atoms with van der Waals surface area (Å²) in [6, 6.07) is 15.3. The van der Waals surface area contributed by atoms with E-state index in [1.165, 1.54) is 0 Å². The van der Waals surface area contributed by atoms with Crippen LogP contribution in [0.1, 0.15) is 54.1 Å². The van der Waals surface area contributed by atoms with E-state index in [-0.39, 0.29) is 17.4 Å². The van der Waals surface area contributed by atoms with E-state index in [1.807, 2.05) is 53.4 Å². The van der Waals surface area contributed by atoms with Crippen molar-refractivity contribution in [3.63, 3.8) is 0 Å². The predicted octanol–water partition coefficient (Wildman–Crippen LogP) is 4.86. The molecule has 1 atom stereocenters. The molecule has 2 aromatic carbocycles. The van der Waals surface area contributed by atoms with Crippen LogP contribution in [0.25, 0.3) is 11.4 Å². The number of carbonyl (C=O) groups excluding carboxylic acids is 1. The number of H-pyrrole nitrogens is 2. The van der Waals surface area contributed by atoms with Gasteiger partial charge in [0.05, 0.1) is 18.8 Å². The van der Waals surface area contributed by atoms with Crippen molar-refractivity contribution in [2.24, 2.45) is 0 Å². The van der Waals surface area contributed by atoms with E-state index in [9.17, 15) is 4.79 Å². The number of nitrogens with zero attached hydrogens (tertiary/aromatic N) is 3. The zero-order chi connectivity index (χ0) is 22.5. The average molecular weight is 428 g/mol. The molecule has 0 fully saturated rings. The Morgan fingerprint density at radius 2 is 1.81 bits per heavy atom. The average Bonchev–Trinajstić information content (AvgIpc) is 3.51. The lowest BCUT2D eigenvalue weighted by Gasteiger charge is -2.29. The molecular formula is C25H25N5O2. The maximum atomic E-state index is 13.6. The standard InChI is InChI=1S/C25H25N5O2/c1-25(2,3)22-19-20(28-29-22)24(31)30(21(19)17-7-5-6-8-18(17)32-4)16-11-9-15(10-12-16)23-26-13-14-27-23/h5-14,21H,1-4H3,(H,26,27)(H,28,29). The van der Waals surface area contributed by atoms with Crippen LogP contribution in [-0.2, 0) is 5.41 Å². The van der Waals surface area contributed by atoms with Crippen molar-refractivity contribution in [3.8, 4) is 17.1 Å². The largest absolute Gasteiger partial charge is 0.496 e. The van der Waals surface area contributed by atoms with Gasteiger partial charge >= 0.3 is 0 Å². The van der Waals surface area contributed by atoms with Crippen LogP contribution in [0.2, 0.25) is 0 Å².